The van der Waals surface area contributed by atoms with Crippen LogP contribution in [-0.2, 0) is 6.42 Å². The maximum atomic E-state index is 11.2. The molecule has 0 amide bonds. The number of aliphatic hydroxyl groups excluding tert-OH is 1. The number of carboxylic acids is 1. The van der Waals surface area contributed by atoms with Gasteiger partial charge < -0.3 is 14.9 Å². The Kier molecular flexibility index (Phi) is 4.11. The maximum Gasteiger partial charge on any atom is 0.336 e. The molecule has 0 saturated heterocycles. The summed E-state index contributed by atoms with van der Waals surface area (Å²) in [7, 11) is 0. The normalized spacial score (nSPS) is 20.0. The average molecular weight is 298 g/mol. The van der Waals surface area contributed by atoms with E-state index in [0.717, 1.165) is 12.8 Å². The Morgan fingerprint density at radius 1 is 1.14 bits per heavy atom. The van der Waals surface area contributed by atoms with Gasteiger partial charge in [-0.05, 0) is 30.5 Å². The Morgan fingerprint density at radius 2 is 1.91 bits per heavy atom. The largest absolute Gasteiger partial charge is 0.490 e. The summed E-state index contributed by atoms with van der Waals surface area (Å²) in [6, 6.07) is 15.0. The first-order chi connectivity index (χ1) is 10.6. The minimum atomic E-state index is -1.04. The van der Waals surface area contributed by atoms with Crippen LogP contribution in [0.25, 0.3) is 0 Å². The Morgan fingerprint density at radius 3 is 2.64 bits per heavy atom. The van der Waals surface area contributed by atoms with E-state index in [-0.39, 0.29) is 11.7 Å². The van der Waals surface area contributed by atoms with E-state index in [1.807, 2.05) is 18.2 Å². The number of carbonyl (C=O) groups is 1. The number of hydrogen-bond donors (Lipinski definition) is 2. The third kappa shape index (κ3) is 2.97. The number of carboxylic acid groups (broad SMARTS) is 1. The van der Waals surface area contributed by atoms with E-state index in [1.165, 1.54) is 11.6 Å². The standard InChI is InChI=1S/C18H18O4/c19-15-11-13(10-9-12-5-2-1-3-6-12)22-16-8-4-7-14(17(15)16)18(20)21/h1-8,13,15,19H,9-11H2,(H,20,21). The second-order valence-electron chi connectivity index (χ2n) is 5.54. The molecule has 0 spiro atoms. The fourth-order valence-corrected chi connectivity index (χ4v) is 2.92. The molecule has 3 rings (SSSR count). The van der Waals surface area contributed by atoms with Gasteiger partial charge in [0.15, 0.2) is 0 Å². The van der Waals surface area contributed by atoms with Gasteiger partial charge in [0.25, 0.3) is 0 Å². The van der Waals surface area contributed by atoms with Crippen LogP contribution in [0.4, 0.5) is 0 Å². The lowest BCUT2D eigenvalue weighted by molar-refractivity contribution is 0.0557. The molecule has 0 bridgehead atoms. The van der Waals surface area contributed by atoms with E-state index in [0.29, 0.717) is 17.7 Å². The fourth-order valence-electron chi connectivity index (χ4n) is 2.92. The predicted molar refractivity (Wildman–Crippen MR) is 82.2 cm³/mol. The van der Waals surface area contributed by atoms with Crippen molar-refractivity contribution in [2.75, 3.05) is 0 Å². The lowest BCUT2D eigenvalue weighted by Crippen LogP contribution is -2.27. The van der Waals surface area contributed by atoms with Crippen LogP contribution < -0.4 is 4.74 Å². The van der Waals surface area contributed by atoms with Gasteiger partial charge >= 0.3 is 5.97 Å². The van der Waals surface area contributed by atoms with Crippen molar-refractivity contribution in [2.45, 2.75) is 31.5 Å². The second-order valence-corrected chi connectivity index (χ2v) is 5.54. The molecule has 1 heterocycles. The molecule has 4 heteroatoms. The number of ether oxygens (including phenoxy) is 1. The summed E-state index contributed by atoms with van der Waals surface area (Å²) in [5.41, 5.74) is 1.74. The van der Waals surface area contributed by atoms with Gasteiger partial charge in [0.2, 0.25) is 0 Å². The van der Waals surface area contributed by atoms with Crippen LogP contribution in [0, 0.1) is 0 Å². The van der Waals surface area contributed by atoms with Gasteiger partial charge in [0.1, 0.15) is 11.9 Å². The van der Waals surface area contributed by atoms with Crippen molar-refractivity contribution in [3.8, 4) is 5.75 Å². The van der Waals surface area contributed by atoms with Crippen molar-refractivity contribution in [3.05, 3.63) is 65.2 Å². The van der Waals surface area contributed by atoms with Gasteiger partial charge in [0, 0.05) is 12.0 Å². The Balaban J connectivity index is 1.74. The summed E-state index contributed by atoms with van der Waals surface area (Å²) in [6.45, 7) is 0. The summed E-state index contributed by atoms with van der Waals surface area (Å²) >= 11 is 0. The summed E-state index contributed by atoms with van der Waals surface area (Å²) in [5.74, 6) is -0.557. The highest BCUT2D eigenvalue weighted by molar-refractivity contribution is 5.90. The zero-order valence-corrected chi connectivity index (χ0v) is 12.1. The summed E-state index contributed by atoms with van der Waals surface area (Å²) in [5, 5.41) is 19.5. The molecule has 0 aliphatic carbocycles. The minimum Gasteiger partial charge on any atom is -0.490 e. The highest BCUT2D eigenvalue weighted by Gasteiger charge is 2.30. The number of aryl methyl sites for hydroxylation is 1. The molecular formula is C18H18O4. The van der Waals surface area contributed by atoms with Crippen LogP contribution in [0.2, 0.25) is 0 Å². The highest BCUT2D eigenvalue weighted by atomic mass is 16.5. The first-order valence-corrected chi connectivity index (χ1v) is 7.40. The first kappa shape index (κ1) is 14.6. The lowest BCUT2D eigenvalue weighted by atomic mass is 9.92. The molecule has 0 saturated carbocycles. The van der Waals surface area contributed by atoms with Gasteiger partial charge in [-0.1, -0.05) is 36.4 Å². The number of benzene rings is 2. The zero-order chi connectivity index (χ0) is 15.5. The van der Waals surface area contributed by atoms with E-state index >= 15 is 0 Å². The molecule has 1 aliphatic rings. The molecule has 2 N–H and O–H groups in total. The van der Waals surface area contributed by atoms with E-state index in [1.54, 1.807) is 12.1 Å². The van der Waals surface area contributed by atoms with Crippen LogP contribution in [-0.4, -0.2) is 22.3 Å². The Labute approximate surface area is 129 Å². The number of fused-ring (bicyclic) bond motifs is 1. The Hall–Kier alpha value is -2.33. The molecule has 1 aliphatic heterocycles. The molecule has 2 aromatic carbocycles. The second kappa shape index (κ2) is 6.20. The van der Waals surface area contributed by atoms with Gasteiger partial charge in [-0.2, -0.15) is 0 Å². The smallest absolute Gasteiger partial charge is 0.336 e. The van der Waals surface area contributed by atoms with Crippen molar-refractivity contribution < 1.29 is 19.7 Å². The number of hydrogen-bond acceptors (Lipinski definition) is 3. The topological polar surface area (TPSA) is 66.8 Å². The molecule has 0 radical (unpaired) electrons. The van der Waals surface area contributed by atoms with Gasteiger partial charge in [0.05, 0.1) is 11.7 Å². The molecule has 2 atom stereocenters. The molecular weight excluding hydrogens is 280 g/mol. The molecule has 2 unspecified atom stereocenters. The van der Waals surface area contributed by atoms with E-state index in [2.05, 4.69) is 12.1 Å². The van der Waals surface area contributed by atoms with Crippen LogP contribution in [0.3, 0.4) is 0 Å². The summed E-state index contributed by atoms with van der Waals surface area (Å²) in [6.07, 6.45) is 1.18. The lowest BCUT2D eigenvalue weighted by Gasteiger charge is -2.30. The van der Waals surface area contributed by atoms with Crippen molar-refractivity contribution in [1.82, 2.24) is 0 Å². The van der Waals surface area contributed by atoms with Crippen molar-refractivity contribution in [1.29, 1.82) is 0 Å². The SMILES string of the molecule is O=C(O)c1cccc2c1C(O)CC(CCc1ccccc1)O2. The maximum absolute atomic E-state index is 11.2. The predicted octanol–water partition coefficient (Wildman–Crippen LogP) is 3.20. The molecule has 22 heavy (non-hydrogen) atoms. The molecule has 0 fully saturated rings. The Bertz CT molecular complexity index is 666. The van der Waals surface area contributed by atoms with Crippen LogP contribution in [0.1, 0.15) is 40.4 Å². The third-order valence-corrected chi connectivity index (χ3v) is 4.01. The van der Waals surface area contributed by atoms with Crippen molar-refractivity contribution in [3.63, 3.8) is 0 Å². The van der Waals surface area contributed by atoms with Gasteiger partial charge in [-0.3, -0.25) is 0 Å². The number of aliphatic hydroxyl groups is 1. The zero-order valence-electron chi connectivity index (χ0n) is 12.1. The van der Waals surface area contributed by atoms with Crippen molar-refractivity contribution >= 4 is 5.97 Å². The van der Waals surface area contributed by atoms with E-state index in [4.69, 9.17) is 4.74 Å². The molecule has 2 aromatic rings. The third-order valence-electron chi connectivity index (χ3n) is 4.01. The van der Waals surface area contributed by atoms with Crippen molar-refractivity contribution in [2.24, 2.45) is 0 Å². The molecule has 0 aromatic heterocycles. The van der Waals surface area contributed by atoms with E-state index in [9.17, 15) is 15.0 Å². The molecule has 114 valence electrons. The average Bonchev–Trinajstić information content (AvgIpc) is 2.53. The number of rotatable bonds is 4. The molecule has 4 nitrogen and oxygen atoms in total. The minimum absolute atomic E-state index is 0.105. The summed E-state index contributed by atoms with van der Waals surface area (Å²) < 4.78 is 5.89. The highest BCUT2D eigenvalue weighted by Crippen LogP contribution is 2.38. The first-order valence-electron chi connectivity index (χ1n) is 7.40. The monoisotopic (exact) mass is 298 g/mol. The van der Waals surface area contributed by atoms with Gasteiger partial charge in [-0.15, -0.1) is 0 Å². The van der Waals surface area contributed by atoms with Crippen LogP contribution >= 0.6 is 0 Å². The fraction of sp³-hybridized carbons (Fsp3) is 0.278. The summed E-state index contributed by atoms with van der Waals surface area (Å²) in [4.78, 5) is 11.2. The van der Waals surface area contributed by atoms with E-state index < -0.39 is 12.1 Å². The van der Waals surface area contributed by atoms with Crippen LogP contribution in [0.15, 0.2) is 48.5 Å². The quantitative estimate of drug-likeness (QED) is 0.909. The van der Waals surface area contributed by atoms with Crippen LogP contribution in [0.5, 0.6) is 5.75 Å². The van der Waals surface area contributed by atoms with Gasteiger partial charge in [-0.25, -0.2) is 4.79 Å². The number of aromatic carboxylic acids is 1.